The number of amides is 1. The maximum absolute atomic E-state index is 15.4. The molecule has 43 heavy (non-hydrogen) atoms. The van der Waals surface area contributed by atoms with Crippen molar-refractivity contribution in [2.45, 2.75) is 46.6 Å². The van der Waals surface area contributed by atoms with Gasteiger partial charge in [0.05, 0.1) is 11.3 Å². The summed E-state index contributed by atoms with van der Waals surface area (Å²) >= 11 is 0. The average Bonchev–Trinajstić information content (AvgIpc) is 3.48. The van der Waals surface area contributed by atoms with Crippen LogP contribution in [-0.4, -0.2) is 30.3 Å². The van der Waals surface area contributed by atoms with E-state index < -0.39 is 29.0 Å². The van der Waals surface area contributed by atoms with Gasteiger partial charge in [0.25, 0.3) is 5.56 Å². The third-order valence-corrected chi connectivity index (χ3v) is 7.49. The first-order valence-corrected chi connectivity index (χ1v) is 14.0. The van der Waals surface area contributed by atoms with Crippen molar-refractivity contribution < 1.29 is 18.7 Å². The van der Waals surface area contributed by atoms with Crippen LogP contribution in [0.2, 0.25) is 0 Å². The SMILES string of the molecule is CCc1cccc(CC)c1-n1c(-c2ccn(CC)n2)nc(O)c(Cc2ccc(-c3cc(F)ccc3C(N)=O)c(F)c2)c1=O. The summed E-state index contributed by atoms with van der Waals surface area (Å²) in [4.78, 5) is 30.6. The Bertz CT molecular complexity index is 1890. The second kappa shape index (κ2) is 12.0. The number of hydrogen-bond acceptors (Lipinski definition) is 5. The molecule has 0 bridgehead atoms. The Balaban J connectivity index is 1.67. The molecule has 220 valence electrons. The van der Waals surface area contributed by atoms with Crippen LogP contribution >= 0.6 is 0 Å². The number of rotatable bonds is 9. The minimum Gasteiger partial charge on any atom is -0.493 e. The first-order valence-electron chi connectivity index (χ1n) is 14.0. The Morgan fingerprint density at radius 1 is 0.953 bits per heavy atom. The molecule has 2 aromatic heterocycles. The number of carbonyl (C=O) groups excluding carboxylic acids is 1. The number of carbonyl (C=O) groups is 1. The fourth-order valence-corrected chi connectivity index (χ4v) is 5.28. The maximum Gasteiger partial charge on any atom is 0.265 e. The van der Waals surface area contributed by atoms with E-state index in [9.17, 15) is 19.1 Å². The van der Waals surface area contributed by atoms with Gasteiger partial charge >= 0.3 is 0 Å². The molecule has 3 aromatic carbocycles. The molecule has 0 saturated carbocycles. The molecule has 0 aliphatic rings. The molecule has 2 heterocycles. The Morgan fingerprint density at radius 2 is 1.67 bits per heavy atom. The molecule has 8 nitrogen and oxygen atoms in total. The second-order valence-corrected chi connectivity index (χ2v) is 10.1. The van der Waals surface area contributed by atoms with E-state index in [0.29, 0.717) is 36.3 Å². The summed E-state index contributed by atoms with van der Waals surface area (Å²) in [6.45, 7) is 6.54. The molecular weight excluding hydrogens is 552 g/mol. The number of nitrogens with two attached hydrogens (primary N) is 1. The molecule has 5 rings (SSSR count). The molecule has 0 atom stereocenters. The van der Waals surface area contributed by atoms with Crippen LogP contribution in [-0.2, 0) is 25.8 Å². The van der Waals surface area contributed by atoms with E-state index in [2.05, 4.69) is 10.1 Å². The fraction of sp³-hybridized carbons (Fsp3) is 0.212. The molecule has 10 heteroatoms. The van der Waals surface area contributed by atoms with Crippen molar-refractivity contribution in [1.82, 2.24) is 19.3 Å². The molecule has 0 fully saturated rings. The number of aromatic hydroxyl groups is 1. The first kappa shape index (κ1) is 29.4. The topological polar surface area (TPSA) is 116 Å². The molecule has 0 spiro atoms. The predicted molar refractivity (Wildman–Crippen MR) is 160 cm³/mol. The minimum absolute atomic E-state index is 0.0163. The Labute approximate surface area is 247 Å². The highest BCUT2D eigenvalue weighted by atomic mass is 19.1. The van der Waals surface area contributed by atoms with Gasteiger partial charge in [-0.3, -0.25) is 18.8 Å². The van der Waals surface area contributed by atoms with E-state index in [0.717, 1.165) is 23.3 Å². The highest BCUT2D eigenvalue weighted by molar-refractivity contribution is 5.99. The van der Waals surface area contributed by atoms with Gasteiger partial charge in [0.15, 0.2) is 5.82 Å². The van der Waals surface area contributed by atoms with E-state index in [1.807, 2.05) is 39.0 Å². The van der Waals surface area contributed by atoms with Gasteiger partial charge in [0, 0.05) is 35.9 Å². The molecular formula is C33H31F2N5O3. The normalized spacial score (nSPS) is 11.2. The molecule has 0 radical (unpaired) electrons. The van der Waals surface area contributed by atoms with Gasteiger partial charge in [-0.25, -0.2) is 8.78 Å². The number of nitrogens with zero attached hydrogens (tertiary/aromatic N) is 4. The molecule has 3 N–H and O–H groups in total. The molecule has 0 aliphatic carbocycles. The highest BCUT2D eigenvalue weighted by Gasteiger charge is 2.24. The van der Waals surface area contributed by atoms with E-state index >= 15 is 4.39 Å². The van der Waals surface area contributed by atoms with Gasteiger partial charge in [0.1, 0.15) is 17.3 Å². The summed E-state index contributed by atoms with van der Waals surface area (Å²) < 4.78 is 32.6. The van der Waals surface area contributed by atoms with E-state index in [-0.39, 0.29) is 34.5 Å². The smallest absolute Gasteiger partial charge is 0.265 e. The third kappa shape index (κ3) is 5.55. The van der Waals surface area contributed by atoms with Crippen molar-refractivity contribution in [3.8, 4) is 34.2 Å². The summed E-state index contributed by atoms with van der Waals surface area (Å²) in [5.41, 5.74) is 8.17. The van der Waals surface area contributed by atoms with Crippen molar-refractivity contribution in [3.05, 3.63) is 117 Å². The summed E-state index contributed by atoms with van der Waals surface area (Å²) in [7, 11) is 0. The van der Waals surface area contributed by atoms with Crippen molar-refractivity contribution in [2.75, 3.05) is 0 Å². The largest absolute Gasteiger partial charge is 0.493 e. The summed E-state index contributed by atoms with van der Waals surface area (Å²) in [6, 6.07) is 15.0. The average molecular weight is 584 g/mol. The van der Waals surface area contributed by atoms with E-state index in [1.54, 1.807) is 23.0 Å². The Hall–Kier alpha value is -5.12. The van der Waals surface area contributed by atoms with Crippen molar-refractivity contribution in [1.29, 1.82) is 0 Å². The molecule has 0 aliphatic heterocycles. The number of primary amides is 1. The number of para-hydroxylation sites is 1. The lowest BCUT2D eigenvalue weighted by Gasteiger charge is -2.19. The number of hydrogen-bond donors (Lipinski definition) is 2. The molecule has 5 aromatic rings. The van der Waals surface area contributed by atoms with E-state index in [1.165, 1.54) is 22.8 Å². The molecule has 1 amide bonds. The number of benzene rings is 3. The monoisotopic (exact) mass is 583 g/mol. The Kier molecular flexibility index (Phi) is 8.20. The van der Waals surface area contributed by atoms with Crippen molar-refractivity contribution in [2.24, 2.45) is 5.73 Å². The van der Waals surface area contributed by atoms with Gasteiger partial charge in [-0.2, -0.15) is 10.1 Å². The van der Waals surface area contributed by atoms with Gasteiger partial charge in [-0.05, 0) is 66.8 Å². The second-order valence-electron chi connectivity index (χ2n) is 10.1. The lowest BCUT2D eigenvalue weighted by Crippen LogP contribution is -2.27. The van der Waals surface area contributed by atoms with E-state index in [4.69, 9.17) is 5.73 Å². The third-order valence-electron chi connectivity index (χ3n) is 7.49. The predicted octanol–water partition coefficient (Wildman–Crippen LogP) is 5.58. The zero-order valence-corrected chi connectivity index (χ0v) is 24.1. The number of aryl methyl sites for hydroxylation is 3. The Morgan fingerprint density at radius 3 is 2.28 bits per heavy atom. The van der Waals surface area contributed by atoms with Crippen LogP contribution in [0.3, 0.4) is 0 Å². The number of aromatic nitrogens is 4. The molecule has 0 unspecified atom stereocenters. The zero-order chi connectivity index (χ0) is 30.8. The summed E-state index contributed by atoms with van der Waals surface area (Å²) in [5, 5.41) is 15.6. The van der Waals surface area contributed by atoms with Crippen LogP contribution in [0.15, 0.2) is 71.7 Å². The van der Waals surface area contributed by atoms with Crippen molar-refractivity contribution in [3.63, 3.8) is 0 Å². The minimum atomic E-state index is -0.822. The van der Waals surface area contributed by atoms with Crippen LogP contribution in [0.5, 0.6) is 5.88 Å². The fourth-order valence-electron chi connectivity index (χ4n) is 5.28. The van der Waals surface area contributed by atoms with Gasteiger partial charge in [0.2, 0.25) is 11.8 Å². The van der Waals surface area contributed by atoms with Gasteiger partial charge in [-0.1, -0.05) is 44.2 Å². The quantitative estimate of drug-likeness (QED) is 0.235. The maximum atomic E-state index is 15.4. The lowest BCUT2D eigenvalue weighted by atomic mass is 9.96. The van der Waals surface area contributed by atoms with Gasteiger partial charge in [-0.15, -0.1) is 0 Å². The highest BCUT2D eigenvalue weighted by Crippen LogP contribution is 2.31. The van der Waals surface area contributed by atoms with Crippen molar-refractivity contribution >= 4 is 5.91 Å². The summed E-state index contributed by atoms with van der Waals surface area (Å²) in [6.07, 6.45) is 2.93. The molecule has 0 saturated heterocycles. The zero-order valence-electron chi connectivity index (χ0n) is 24.1. The van der Waals surface area contributed by atoms with Crippen LogP contribution < -0.4 is 11.3 Å². The van der Waals surface area contributed by atoms with Crippen LogP contribution in [0.1, 0.15) is 53.4 Å². The lowest BCUT2D eigenvalue weighted by molar-refractivity contribution is 0.100. The van der Waals surface area contributed by atoms with Gasteiger partial charge < -0.3 is 10.8 Å². The first-order chi connectivity index (χ1) is 20.7. The standard InChI is InChI=1S/C33H31F2N5O3/c1-4-20-8-7-9-21(5-2)29(20)40-31(28-14-15-39(6-3)38-28)37-32(42)26(33(40)43)16-19-10-12-23(27(35)17-19)25-18-22(34)11-13-24(25)30(36)41/h7-15,17-18,42H,4-6,16H2,1-3H3,(H2,36,41). The number of halogens is 2. The van der Waals surface area contributed by atoms with Crippen LogP contribution in [0.25, 0.3) is 28.3 Å². The van der Waals surface area contributed by atoms with Crippen LogP contribution in [0.4, 0.5) is 8.78 Å². The summed E-state index contributed by atoms with van der Waals surface area (Å²) in [5.74, 6) is -2.51. The van der Waals surface area contributed by atoms with Crippen LogP contribution in [0, 0.1) is 11.6 Å².